The molecule has 0 rings (SSSR count). The van der Waals surface area contributed by atoms with Crippen LogP contribution in [0.4, 0.5) is 0 Å². The molecular weight excluding hydrogens is 176 g/mol. The summed E-state index contributed by atoms with van der Waals surface area (Å²) >= 11 is 0. The number of hydrogen-bond acceptors (Lipinski definition) is 1. The summed E-state index contributed by atoms with van der Waals surface area (Å²) in [6.07, 6.45) is 5.48. The fourth-order valence-corrected chi connectivity index (χ4v) is 3.71. The molecule has 0 saturated carbocycles. The molecule has 0 spiro atoms. The largest absolute Gasteiger partial charge is 0.416 e. The number of unbranched alkanes of at least 4 members (excludes halogenated alkanes) is 3. The van der Waals surface area contributed by atoms with Gasteiger partial charge in [-0.05, 0) is 33.4 Å². The maximum Gasteiger partial charge on any atom is 0.174 e. The van der Waals surface area contributed by atoms with Crippen molar-refractivity contribution in [3.63, 3.8) is 0 Å². The van der Waals surface area contributed by atoms with E-state index in [1.807, 2.05) is 0 Å². The zero-order chi connectivity index (χ0) is 10.3. The first-order chi connectivity index (χ1) is 5.95. The SMILES string of the molecule is CCCCCC[SiH](C)OC(C)(C)C. The van der Waals surface area contributed by atoms with E-state index < -0.39 is 9.04 Å². The van der Waals surface area contributed by atoms with Crippen LogP contribution < -0.4 is 0 Å². The Morgan fingerprint density at radius 2 is 1.69 bits per heavy atom. The quantitative estimate of drug-likeness (QED) is 0.471. The molecular formula is C11H26OSi. The van der Waals surface area contributed by atoms with Gasteiger partial charge in [0, 0.05) is 5.60 Å². The zero-order valence-electron chi connectivity index (χ0n) is 10.0. The van der Waals surface area contributed by atoms with Crippen LogP contribution in [0.25, 0.3) is 0 Å². The molecule has 13 heavy (non-hydrogen) atoms. The molecule has 0 N–H and O–H groups in total. The molecule has 0 radical (unpaired) electrons. The van der Waals surface area contributed by atoms with Gasteiger partial charge in [-0.2, -0.15) is 0 Å². The van der Waals surface area contributed by atoms with E-state index in [1.165, 1.54) is 31.7 Å². The Kier molecular flexibility index (Phi) is 6.69. The van der Waals surface area contributed by atoms with E-state index in [0.717, 1.165) is 0 Å². The third kappa shape index (κ3) is 10.1. The molecule has 1 nitrogen and oxygen atoms in total. The summed E-state index contributed by atoms with van der Waals surface area (Å²) in [4.78, 5) is 0. The highest BCUT2D eigenvalue weighted by Gasteiger charge is 2.15. The minimum atomic E-state index is -0.870. The van der Waals surface area contributed by atoms with Gasteiger partial charge in [-0.1, -0.05) is 32.6 Å². The van der Waals surface area contributed by atoms with Crippen molar-refractivity contribution in [2.75, 3.05) is 0 Å². The van der Waals surface area contributed by atoms with E-state index in [0.29, 0.717) is 0 Å². The van der Waals surface area contributed by atoms with Crippen LogP contribution in [0.2, 0.25) is 12.6 Å². The summed E-state index contributed by atoms with van der Waals surface area (Å²) in [6.45, 7) is 11.0. The maximum atomic E-state index is 5.96. The first-order valence-corrected chi connectivity index (χ1v) is 8.08. The smallest absolute Gasteiger partial charge is 0.174 e. The molecule has 80 valence electrons. The third-order valence-corrected chi connectivity index (χ3v) is 4.35. The maximum absolute atomic E-state index is 5.96. The molecule has 1 unspecified atom stereocenters. The first kappa shape index (κ1) is 13.2. The lowest BCUT2D eigenvalue weighted by molar-refractivity contribution is 0.129. The van der Waals surface area contributed by atoms with Crippen LogP contribution in [0.1, 0.15) is 53.4 Å². The number of rotatable bonds is 6. The van der Waals surface area contributed by atoms with Crippen molar-refractivity contribution >= 4 is 9.04 Å². The van der Waals surface area contributed by atoms with Gasteiger partial charge in [0.2, 0.25) is 0 Å². The zero-order valence-corrected chi connectivity index (χ0v) is 11.2. The van der Waals surface area contributed by atoms with Crippen LogP contribution >= 0.6 is 0 Å². The predicted octanol–water partition coefficient (Wildman–Crippen LogP) is 3.74. The van der Waals surface area contributed by atoms with Crippen LogP contribution in [0, 0.1) is 0 Å². The van der Waals surface area contributed by atoms with Crippen molar-refractivity contribution < 1.29 is 4.43 Å². The van der Waals surface area contributed by atoms with Crippen LogP contribution in [0.5, 0.6) is 0 Å². The third-order valence-electron chi connectivity index (χ3n) is 2.02. The molecule has 0 heterocycles. The average Bonchev–Trinajstić information content (AvgIpc) is 1.94. The van der Waals surface area contributed by atoms with Crippen molar-refractivity contribution in [1.82, 2.24) is 0 Å². The van der Waals surface area contributed by atoms with Gasteiger partial charge in [0.25, 0.3) is 0 Å². The second-order valence-corrected chi connectivity index (χ2v) is 7.32. The van der Waals surface area contributed by atoms with Gasteiger partial charge in [-0.3, -0.25) is 0 Å². The van der Waals surface area contributed by atoms with Crippen molar-refractivity contribution in [2.45, 2.75) is 71.6 Å². The lowest BCUT2D eigenvalue weighted by Crippen LogP contribution is -2.28. The van der Waals surface area contributed by atoms with E-state index in [1.54, 1.807) is 0 Å². The summed E-state index contributed by atoms with van der Waals surface area (Å²) in [5.41, 5.74) is 0.0798. The summed E-state index contributed by atoms with van der Waals surface area (Å²) in [6, 6.07) is 1.34. The molecule has 0 aromatic carbocycles. The second kappa shape index (κ2) is 6.60. The van der Waals surface area contributed by atoms with Crippen molar-refractivity contribution in [3.8, 4) is 0 Å². The van der Waals surface area contributed by atoms with Crippen molar-refractivity contribution in [1.29, 1.82) is 0 Å². The average molecular weight is 202 g/mol. The molecule has 0 amide bonds. The molecule has 0 aliphatic heterocycles. The van der Waals surface area contributed by atoms with E-state index in [-0.39, 0.29) is 5.60 Å². The van der Waals surface area contributed by atoms with Gasteiger partial charge >= 0.3 is 0 Å². The van der Waals surface area contributed by atoms with E-state index >= 15 is 0 Å². The van der Waals surface area contributed by atoms with Crippen LogP contribution in [-0.2, 0) is 4.43 Å². The van der Waals surface area contributed by atoms with Gasteiger partial charge in [-0.15, -0.1) is 0 Å². The summed E-state index contributed by atoms with van der Waals surface area (Å²) in [5, 5.41) is 0. The fourth-order valence-electron chi connectivity index (χ4n) is 1.52. The lowest BCUT2D eigenvalue weighted by atomic mass is 10.2. The monoisotopic (exact) mass is 202 g/mol. The molecule has 0 saturated heterocycles. The van der Waals surface area contributed by atoms with Crippen molar-refractivity contribution in [3.05, 3.63) is 0 Å². The van der Waals surface area contributed by atoms with Crippen LogP contribution in [0.3, 0.4) is 0 Å². The molecule has 0 aromatic rings. The molecule has 0 bridgehead atoms. The Morgan fingerprint density at radius 1 is 1.08 bits per heavy atom. The van der Waals surface area contributed by atoms with Gasteiger partial charge in [0.15, 0.2) is 9.04 Å². The van der Waals surface area contributed by atoms with Crippen LogP contribution in [-0.4, -0.2) is 14.6 Å². The Balaban J connectivity index is 3.35. The van der Waals surface area contributed by atoms with E-state index in [4.69, 9.17) is 4.43 Å². The second-order valence-electron chi connectivity index (χ2n) is 4.89. The van der Waals surface area contributed by atoms with Gasteiger partial charge in [-0.25, -0.2) is 0 Å². The number of hydrogen-bond donors (Lipinski definition) is 0. The van der Waals surface area contributed by atoms with Crippen molar-refractivity contribution in [2.24, 2.45) is 0 Å². The highest BCUT2D eigenvalue weighted by molar-refractivity contribution is 6.50. The van der Waals surface area contributed by atoms with Gasteiger partial charge in [0.1, 0.15) is 0 Å². The van der Waals surface area contributed by atoms with E-state index in [2.05, 4.69) is 34.2 Å². The Hall–Kier alpha value is 0.177. The minimum Gasteiger partial charge on any atom is -0.416 e. The summed E-state index contributed by atoms with van der Waals surface area (Å²) in [5.74, 6) is 0. The normalized spacial score (nSPS) is 14.5. The van der Waals surface area contributed by atoms with E-state index in [9.17, 15) is 0 Å². The van der Waals surface area contributed by atoms with Crippen LogP contribution in [0.15, 0.2) is 0 Å². The molecule has 0 aliphatic carbocycles. The lowest BCUT2D eigenvalue weighted by Gasteiger charge is -2.24. The minimum absolute atomic E-state index is 0.0798. The Labute approximate surface area is 85.6 Å². The molecule has 1 atom stereocenters. The molecule has 2 heteroatoms. The standard InChI is InChI=1S/C11H26OSi/c1-6-7-8-9-10-13(5)12-11(2,3)4/h13H,6-10H2,1-5H3. The fraction of sp³-hybridized carbons (Fsp3) is 1.00. The first-order valence-electron chi connectivity index (χ1n) is 5.63. The van der Waals surface area contributed by atoms with Gasteiger partial charge in [0.05, 0.1) is 0 Å². The van der Waals surface area contributed by atoms with Gasteiger partial charge < -0.3 is 4.43 Å². The predicted molar refractivity (Wildman–Crippen MR) is 62.8 cm³/mol. The summed E-state index contributed by atoms with van der Waals surface area (Å²) < 4.78 is 5.96. The highest BCUT2D eigenvalue weighted by Crippen LogP contribution is 2.13. The highest BCUT2D eigenvalue weighted by atomic mass is 28.3. The Morgan fingerprint density at radius 3 is 2.15 bits per heavy atom. The Bertz CT molecular complexity index is 118. The molecule has 0 aromatic heterocycles. The topological polar surface area (TPSA) is 9.23 Å². The molecule has 0 aliphatic rings. The summed E-state index contributed by atoms with van der Waals surface area (Å²) in [7, 11) is -0.870. The molecule has 0 fully saturated rings.